The highest BCUT2D eigenvalue weighted by Crippen LogP contribution is 2.23. The molecule has 0 bridgehead atoms. The monoisotopic (exact) mass is 454 g/mol. The first-order valence-electron chi connectivity index (χ1n) is 8.48. The first kappa shape index (κ1) is 21.4. The number of hydrogen-bond acceptors (Lipinski definition) is 5. The summed E-state index contributed by atoms with van der Waals surface area (Å²) >= 11 is 13.0. The lowest BCUT2D eigenvalue weighted by Gasteiger charge is -2.08. The topological polar surface area (TPSA) is 69.0 Å². The zero-order valence-electron chi connectivity index (χ0n) is 15.6. The highest BCUT2D eigenvalue weighted by Gasteiger charge is 2.13. The summed E-state index contributed by atoms with van der Waals surface area (Å²) < 4.78 is 20.7. The van der Waals surface area contributed by atoms with E-state index in [1.54, 1.807) is 23.7 Å². The average molecular weight is 455 g/mol. The van der Waals surface area contributed by atoms with Crippen molar-refractivity contribution in [2.75, 3.05) is 11.1 Å². The second-order valence-corrected chi connectivity index (χ2v) is 7.88. The van der Waals surface area contributed by atoms with E-state index in [0.717, 1.165) is 5.56 Å². The molecule has 0 atom stereocenters. The quantitative estimate of drug-likeness (QED) is 0.515. The third kappa shape index (κ3) is 5.62. The van der Waals surface area contributed by atoms with Crippen molar-refractivity contribution in [1.29, 1.82) is 0 Å². The lowest BCUT2D eigenvalue weighted by molar-refractivity contribution is -0.113. The Bertz CT molecular complexity index is 1050. The predicted octanol–water partition coefficient (Wildman–Crippen LogP) is 4.88. The number of thioether (sulfide) groups is 1. The summed E-state index contributed by atoms with van der Waals surface area (Å²) in [5, 5.41) is 12.0. The largest absolute Gasteiger partial charge is 0.486 e. The number of benzene rings is 2. The van der Waals surface area contributed by atoms with Crippen molar-refractivity contribution < 1.29 is 13.9 Å². The smallest absolute Gasteiger partial charge is 0.234 e. The Hall–Kier alpha value is -2.29. The summed E-state index contributed by atoms with van der Waals surface area (Å²) in [6.45, 7) is 2.13. The normalized spacial score (nSPS) is 10.8. The maximum Gasteiger partial charge on any atom is 0.234 e. The summed E-state index contributed by atoms with van der Waals surface area (Å²) in [5.74, 6) is 0.599. The van der Waals surface area contributed by atoms with Crippen LogP contribution in [0.25, 0.3) is 0 Å². The molecule has 0 unspecified atom stereocenters. The zero-order chi connectivity index (χ0) is 21.0. The van der Waals surface area contributed by atoms with Crippen LogP contribution >= 0.6 is 35.0 Å². The molecule has 0 aliphatic heterocycles. The number of nitrogens with one attached hydrogen (secondary N) is 1. The molecular formula is C19H17Cl2FN4O2S. The number of amides is 1. The van der Waals surface area contributed by atoms with Crippen LogP contribution in [-0.4, -0.2) is 26.4 Å². The summed E-state index contributed by atoms with van der Waals surface area (Å²) in [7, 11) is 1.80. The predicted molar refractivity (Wildman–Crippen MR) is 112 cm³/mol. The van der Waals surface area contributed by atoms with Gasteiger partial charge in [0.2, 0.25) is 5.91 Å². The molecule has 0 saturated heterocycles. The van der Waals surface area contributed by atoms with Gasteiger partial charge >= 0.3 is 0 Å². The molecule has 0 spiro atoms. The molecular weight excluding hydrogens is 438 g/mol. The molecule has 0 fully saturated rings. The van der Waals surface area contributed by atoms with Crippen LogP contribution in [0, 0.1) is 12.7 Å². The van der Waals surface area contributed by atoms with Gasteiger partial charge in [-0.3, -0.25) is 4.79 Å². The van der Waals surface area contributed by atoms with Crippen molar-refractivity contribution in [2.24, 2.45) is 7.05 Å². The van der Waals surface area contributed by atoms with Gasteiger partial charge in [-0.15, -0.1) is 10.2 Å². The highest BCUT2D eigenvalue weighted by atomic mass is 35.5. The highest BCUT2D eigenvalue weighted by molar-refractivity contribution is 7.99. The molecule has 6 nitrogen and oxygen atoms in total. The molecule has 29 heavy (non-hydrogen) atoms. The number of carbonyl (C=O) groups excluding carboxylic acids is 1. The molecule has 0 radical (unpaired) electrons. The number of anilines is 1. The summed E-state index contributed by atoms with van der Waals surface area (Å²) in [4.78, 5) is 12.1. The Labute approximate surface area is 181 Å². The van der Waals surface area contributed by atoms with Gasteiger partial charge in [-0.2, -0.15) is 0 Å². The van der Waals surface area contributed by atoms with Crippen molar-refractivity contribution in [1.82, 2.24) is 14.8 Å². The molecule has 10 heteroatoms. The molecule has 0 aliphatic carbocycles. The lowest BCUT2D eigenvalue weighted by Crippen LogP contribution is -2.14. The second-order valence-electron chi connectivity index (χ2n) is 6.12. The molecule has 1 amide bonds. The minimum absolute atomic E-state index is 0.0516. The third-order valence-electron chi connectivity index (χ3n) is 3.96. The summed E-state index contributed by atoms with van der Waals surface area (Å²) in [6, 6.07) is 9.41. The fourth-order valence-corrected chi connectivity index (χ4v) is 3.38. The minimum atomic E-state index is -0.540. The first-order chi connectivity index (χ1) is 13.8. The van der Waals surface area contributed by atoms with E-state index in [2.05, 4.69) is 15.5 Å². The number of aromatic nitrogens is 3. The van der Waals surface area contributed by atoms with E-state index >= 15 is 0 Å². The number of halogens is 3. The molecule has 3 aromatic rings. The maximum absolute atomic E-state index is 13.2. The van der Waals surface area contributed by atoms with Gasteiger partial charge in [-0.05, 0) is 48.9 Å². The molecule has 152 valence electrons. The SMILES string of the molecule is Cc1cc(OCc2nnc(SCC(=O)Nc3ccc(F)c(Cl)c3)n2C)ccc1Cl. The number of carbonyl (C=O) groups is 1. The Balaban J connectivity index is 1.54. The number of aryl methyl sites for hydroxylation is 1. The molecule has 0 saturated carbocycles. The van der Waals surface area contributed by atoms with Crippen LogP contribution in [-0.2, 0) is 18.4 Å². The van der Waals surface area contributed by atoms with Crippen LogP contribution in [0.4, 0.5) is 10.1 Å². The minimum Gasteiger partial charge on any atom is -0.486 e. The molecule has 2 aromatic carbocycles. The number of nitrogens with zero attached hydrogens (tertiary/aromatic N) is 3. The van der Waals surface area contributed by atoms with Gasteiger partial charge in [-0.25, -0.2) is 4.39 Å². The van der Waals surface area contributed by atoms with Crippen molar-refractivity contribution in [3.05, 3.63) is 63.6 Å². The van der Waals surface area contributed by atoms with Crippen LogP contribution < -0.4 is 10.1 Å². The van der Waals surface area contributed by atoms with E-state index in [1.807, 2.05) is 13.0 Å². The summed E-state index contributed by atoms with van der Waals surface area (Å²) in [6.07, 6.45) is 0. The summed E-state index contributed by atoms with van der Waals surface area (Å²) in [5.41, 5.74) is 1.35. The van der Waals surface area contributed by atoms with E-state index in [1.165, 1.54) is 30.0 Å². The van der Waals surface area contributed by atoms with Crippen molar-refractivity contribution in [3.8, 4) is 5.75 Å². The van der Waals surface area contributed by atoms with E-state index in [-0.39, 0.29) is 23.3 Å². The maximum atomic E-state index is 13.2. The van der Waals surface area contributed by atoms with E-state index in [9.17, 15) is 9.18 Å². The number of ether oxygens (including phenoxy) is 1. The van der Waals surface area contributed by atoms with Gasteiger partial charge in [0.15, 0.2) is 11.0 Å². The molecule has 3 rings (SSSR count). The Kier molecular flexibility index (Phi) is 7.00. The van der Waals surface area contributed by atoms with Gasteiger partial charge in [0.1, 0.15) is 18.2 Å². The van der Waals surface area contributed by atoms with Gasteiger partial charge in [0, 0.05) is 17.8 Å². The van der Waals surface area contributed by atoms with Crippen LogP contribution in [0.1, 0.15) is 11.4 Å². The van der Waals surface area contributed by atoms with Gasteiger partial charge in [-0.1, -0.05) is 35.0 Å². The van der Waals surface area contributed by atoms with Crippen molar-refractivity contribution in [3.63, 3.8) is 0 Å². The molecule has 1 heterocycles. The van der Waals surface area contributed by atoms with Gasteiger partial charge < -0.3 is 14.6 Å². The first-order valence-corrected chi connectivity index (χ1v) is 10.2. The Morgan fingerprint density at radius 3 is 2.72 bits per heavy atom. The van der Waals surface area contributed by atoms with Crippen LogP contribution in [0.5, 0.6) is 5.75 Å². The van der Waals surface area contributed by atoms with E-state index in [0.29, 0.717) is 27.4 Å². The average Bonchev–Trinajstić information content (AvgIpc) is 3.04. The fraction of sp³-hybridized carbons (Fsp3) is 0.211. The number of hydrogen-bond donors (Lipinski definition) is 1. The zero-order valence-corrected chi connectivity index (χ0v) is 17.9. The van der Waals surface area contributed by atoms with Gasteiger partial charge in [0.05, 0.1) is 10.8 Å². The van der Waals surface area contributed by atoms with Crippen LogP contribution in [0.3, 0.4) is 0 Å². The van der Waals surface area contributed by atoms with E-state index < -0.39 is 5.82 Å². The second kappa shape index (κ2) is 9.47. The van der Waals surface area contributed by atoms with E-state index in [4.69, 9.17) is 27.9 Å². The molecule has 0 aliphatic rings. The standard InChI is InChI=1S/C19H17Cl2FN4O2S/c1-11-7-13(4-5-14(11)20)28-9-17-24-25-19(26(17)2)29-10-18(27)23-12-3-6-16(22)15(21)8-12/h3-8H,9-10H2,1-2H3,(H,23,27). The number of rotatable bonds is 7. The van der Waals surface area contributed by atoms with Crippen LogP contribution in [0.2, 0.25) is 10.0 Å². The third-order valence-corrected chi connectivity index (χ3v) is 5.69. The molecule has 1 aromatic heterocycles. The molecule has 1 N–H and O–H groups in total. The lowest BCUT2D eigenvalue weighted by atomic mass is 10.2. The fourth-order valence-electron chi connectivity index (χ4n) is 2.35. The van der Waals surface area contributed by atoms with Crippen molar-refractivity contribution in [2.45, 2.75) is 18.7 Å². The van der Waals surface area contributed by atoms with Crippen LogP contribution in [0.15, 0.2) is 41.6 Å². The Morgan fingerprint density at radius 1 is 1.21 bits per heavy atom. The van der Waals surface area contributed by atoms with Crippen molar-refractivity contribution >= 4 is 46.6 Å². The van der Waals surface area contributed by atoms with Gasteiger partial charge in [0.25, 0.3) is 0 Å². The Morgan fingerprint density at radius 2 is 2.00 bits per heavy atom.